The summed E-state index contributed by atoms with van der Waals surface area (Å²) in [6, 6.07) is 8.36. The van der Waals surface area contributed by atoms with Crippen molar-refractivity contribution < 1.29 is 0 Å². The lowest BCUT2D eigenvalue weighted by molar-refractivity contribution is 0.767. The Bertz CT molecular complexity index is 262. The van der Waals surface area contributed by atoms with Gasteiger partial charge in [0.15, 0.2) is 0 Å². The van der Waals surface area contributed by atoms with Crippen molar-refractivity contribution in [2.45, 2.75) is 5.92 Å². The highest BCUT2D eigenvalue weighted by Crippen LogP contribution is 2.29. The average molecular weight is 185 g/mol. The molecule has 1 aromatic rings. The molecule has 1 unspecified atom stereocenters. The van der Waals surface area contributed by atoms with E-state index in [0.29, 0.717) is 5.92 Å². The van der Waals surface area contributed by atoms with Crippen LogP contribution in [0.15, 0.2) is 24.3 Å². The van der Waals surface area contributed by atoms with Crippen LogP contribution < -0.4 is 11.1 Å². The maximum absolute atomic E-state index is 5.61. The van der Waals surface area contributed by atoms with Crippen LogP contribution in [0.25, 0.3) is 0 Å². The molecule has 2 rings (SSSR count). The van der Waals surface area contributed by atoms with E-state index in [9.17, 15) is 0 Å². The minimum atomic E-state index is 0. The topological polar surface area (TPSA) is 38.0 Å². The van der Waals surface area contributed by atoms with Crippen molar-refractivity contribution in [3.8, 4) is 0 Å². The Balaban J connectivity index is 0.000000720. The van der Waals surface area contributed by atoms with Gasteiger partial charge in [-0.05, 0) is 11.6 Å². The van der Waals surface area contributed by atoms with Gasteiger partial charge >= 0.3 is 0 Å². The van der Waals surface area contributed by atoms with Crippen molar-refractivity contribution in [2.75, 3.05) is 18.4 Å². The van der Waals surface area contributed by atoms with Gasteiger partial charge in [0.25, 0.3) is 0 Å². The molecule has 2 nitrogen and oxygen atoms in total. The first-order chi connectivity index (χ1) is 5.42. The van der Waals surface area contributed by atoms with Crippen molar-refractivity contribution >= 4 is 18.1 Å². The quantitative estimate of drug-likeness (QED) is 0.696. The Morgan fingerprint density at radius 3 is 2.92 bits per heavy atom. The number of halogens is 1. The van der Waals surface area contributed by atoms with Crippen molar-refractivity contribution in [2.24, 2.45) is 5.73 Å². The summed E-state index contributed by atoms with van der Waals surface area (Å²) < 4.78 is 0. The molecule has 0 bridgehead atoms. The van der Waals surface area contributed by atoms with Crippen LogP contribution in [0.1, 0.15) is 11.5 Å². The van der Waals surface area contributed by atoms with Crippen LogP contribution in [0.5, 0.6) is 0 Å². The molecule has 0 amide bonds. The number of fused-ring (bicyclic) bond motifs is 1. The number of para-hydroxylation sites is 1. The minimum Gasteiger partial charge on any atom is -0.384 e. The van der Waals surface area contributed by atoms with Crippen molar-refractivity contribution in [3.63, 3.8) is 0 Å². The van der Waals surface area contributed by atoms with Gasteiger partial charge in [0.05, 0.1) is 0 Å². The van der Waals surface area contributed by atoms with Gasteiger partial charge in [-0.3, -0.25) is 0 Å². The third-order valence-electron chi connectivity index (χ3n) is 2.22. The largest absolute Gasteiger partial charge is 0.384 e. The molecule has 1 aliphatic heterocycles. The van der Waals surface area contributed by atoms with Crippen LogP contribution >= 0.6 is 12.4 Å². The molecule has 0 spiro atoms. The number of anilines is 1. The molecule has 66 valence electrons. The zero-order valence-corrected chi connectivity index (χ0v) is 7.60. The molecule has 0 saturated heterocycles. The van der Waals surface area contributed by atoms with Crippen LogP contribution in [-0.2, 0) is 0 Å². The van der Waals surface area contributed by atoms with Crippen LogP contribution in [0.4, 0.5) is 5.69 Å². The summed E-state index contributed by atoms with van der Waals surface area (Å²) in [7, 11) is 0. The molecule has 0 aromatic heterocycles. The van der Waals surface area contributed by atoms with E-state index < -0.39 is 0 Å². The highest BCUT2D eigenvalue weighted by Gasteiger charge is 2.18. The van der Waals surface area contributed by atoms with Gasteiger partial charge in [0, 0.05) is 24.7 Å². The SMILES string of the molecule is Cl.NCC1CNc2ccccc21. The molecule has 1 aromatic carbocycles. The maximum atomic E-state index is 5.61. The van der Waals surface area contributed by atoms with E-state index in [-0.39, 0.29) is 12.4 Å². The molecular formula is C9H13ClN2. The molecule has 12 heavy (non-hydrogen) atoms. The van der Waals surface area contributed by atoms with Gasteiger partial charge in [-0.15, -0.1) is 12.4 Å². The van der Waals surface area contributed by atoms with Crippen molar-refractivity contribution in [3.05, 3.63) is 29.8 Å². The third kappa shape index (κ3) is 1.40. The second-order valence-electron chi connectivity index (χ2n) is 2.90. The Morgan fingerprint density at radius 1 is 1.42 bits per heavy atom. The lowest BCUT2D eigenvalue weighted by Gasteiger charge is -2.04. The van der Waals surface area contributed by atoms with Crippen LogP contribution in [0.3, 0.4) is 0 Å². The molecular weight excluding hydrogens is 172 g/mol. The Kier molecular flexibility index (Phi) is 2.95. The lowest BCUT2D eigenvalue weighted by Crippen LogP contribution is -2.13. The smallest absolute Gasteiger partial charge is 0.0376 e. The summed E-state index contributed by atoms with van der Waals surface area (Å²) in [5, 5.41) is 3.32. The van der Waals surface area contributed by atoms with Crippen LogP contribution in [0.2, 0.25) is 0 Å². The molecule has 0 fully saturated rings. The number of hydrogen-bond acceptors (Lipinski definition) is 2. The fourth-order valence-corrected chi connectivity index (χ4v) is 1.57. The van der Waals surface area contributed by atoms with Crippen LogP contribution in [-0.4, -0.2) is 13.1 Å². The van der Waals surface area contributed by atoms with Crippen molar-refractivity contribution in [1.82, 2.24) is 0 Å². The normalized spacial score (nSPS) is 19.2. The van der Waals surface area contributed by atoms with Gasteiger partial charge in [0.1, 0.15) is 0 Å². The Morgan fingerprint density at radius 2 is 2.17 bits per heavy atom. The molecule has 3 heteroatoms. The molecule has 1 heterocycles. The number of rotatable bonds is 1. The van der Waals surface area contributed by atoms with Gasteiger partial charge in [-0.2, -0.15) is 0 Å². The number of nitrogens with one attached hydrogen (secondary N) is 1. The first-order valence-corrected chi connectivity index (χ1v) is 3.94. The summed E-state index contributed by atoms with van der Waals surface area (Å²) in [5.41, 5.74) is 8.23. The minimum absolute atomic E-state index is 0. The molecule has 0 saturated carbocycles. The second-order valence-corrected chi connectivity index (χ2v) is 2.90. The van der Waals surface area contributed by atoms with E-state index in [1.807, 2.05) is 6.07 Å². The van der Waals surface area contributed by atoms with E-state index in [1.54, 1.807) is 0 Å². The lowest BCUT2D eigenvalue weighted by atomic mass is 10.0. The van der Waals surface area contributed by atoms with E-state index >= 15 is 0 Å². The van der Waals surface area contributed by atoms with Crippen molar-refractivity contribution in [1.29, 1.82) is 0 Å². The second kappa shape index (κ2) is 3.78. The maximum Gasteiger partial charge on any atom is 0.0376 e. The standard InChI is InChI=1S/C9H12N2.ClH/c10-5-7-6-11-9-4-2-1-3-8(7)9;/h1-4,7,11H,5-6,10H2;1H. The predicted molar refractivity (Wildman–Crippen MR) is 54.0 cm³/mol. The summed E-state index contributed by atoms with van der Waals surface area (Å²) in [4.78, 5) is 0. The third-order valence-corrected chi connectivity index (χ3v) is 2.22. The van der Waals surface area contributed by atoms with Crippen LogP contribution in [0, 0.1) is 0 Å². The Hall–Kier alpha value is -0.730. The fraction of sp³-hybridized carbons (Fsp3) is 0.333. The first-order valence-electron chi connectivity index (χ1n) is 3.94. The van der Waals surface area contributed by atoms with Gasteiger partial charge in [-0.1, -0.05) is 18.2 Å². The predicted octanol–water partition coefficient (Wildman–Crippen LogP) is 1.58. The molecule has 1 aliphatic rings. The highest BCUT2D eigenvalue weighted by atomic mass is 35.5. The van der Waals surface area contributed by atoms with E-state index in [4.69, 9.17) is 5.73 Å². The zero-order valence-electron chi connectivity index (χ0n) is 6.79. The summed E-state index contributed by atoms with van der Waals surface area (Å²) in [6.07, 6.45) is 0. The molecule has 1 atom stereocenters. The van der Waals surface area contributed by atoms with E-state index in [2.05, 4.69) is 23.5 Å². The zero-order chi connectivity index (χ0) is 7.68. The van der Waals surface area contributed by atoms with E-state index in [0.717, 1.165) is 13.1 Å². The molecule has 3 N–H and O–H groups in total. The molecule has 0 radical (unpaired) electrons. The fourth-order valence-electron chi connectivity index (χ4n) is 1.57. The van der Waals surface area contributed by atoms with Gasteiger partial charge < -0.3 is 11.1 Å². The van der Waals surface area contributed by atoms with E-state index in [1.165, 1.54) is 11.3 Å². The van der Waals surface area contributed by atoms with Gasteiger partial charge in [-0.25, -0.2) is 0 Å². The highest BCUT2D eigenvalue weighted by molar-refractivity contribution is 5.85. The Labute approximate surface area is 78.6 Å². The summed E-state index contributed by atoms with van der Waals surface area (Å²) >= 11 is 0. The number of benzene rings is 1. The summed E-state index contributed by atoms with van der Waals surface area (Å²) in [6.45, 7) is 1.74. The number of nitrogens with two attached hydrogens (primary N) is 1. The molecule has 0 aliphatic carbocycles. The first kappa shape index (κ1) is 9.36. The summed E-state index contributed by atoms with van der Waals surface area (Å²) in [5.74, 6) is 0.520. The monoisotopic (exact) mass is 184 g/mol. The van der Waals surface area contributed by atoms with Gasteiger partial charge in [0.2, 0.25) is 0 Å². The average Bonchev–Trinajstić information content (AvgIpc) is 2.47. The number of hydrogen-bond donors (Lipinski definition) is 2.